The molecule has 2 heteroatoms. The zero-order valence-electron chi connectivity index (χ0n) is 6.76. The summed E-state index contributed by atoms with van der Waals surface area (Å²) in [6.07, 6.45) is 1.05. The van der Waals surface area contributed by atoms with E-state index in [-0.39, 0.29) is 51.4 Å². The second-order valence-electron chi connectivity index (χ2n) is 2.50. The van der Waals surface area contributed by atoms with Crippen molar-refractivity contribution >= 4 is 0 Å². The minimum Gasteiger partial charge on any atom is -0.380 e. The monoisotopic (exact) mass is 172 g/mol. The molecule has 1 aliphatic rings. The van der Waals surface area contributed by atoms with Crippen molar-refractivity contribution in [2.75, 3.05) is 6.61 Å². The third kappa shape index (κ3) is 2.37. The number of benzene rings is 1. The van der Waals surface area contributed by atoms with Crippen LogP contribution in [0, 0.1) is 6.07 Å². The second-order valence-corrected chi connectivity index (χ2v) is 2.50. The standard InChI is InChI=1S/C9H9O.K/c1-2-4-9-7-10-6-5-8(9)3-1;/h2-4H,5-7H2;/q-1;+1. The summed E-state index contributed by atoms with van der Waals surface area (Å²) >= 11 is 0. The minimum atomic E-state index is 0. The Hall–Kier alpha value is 0.816. The van der Waals surface area contributed by atoms with Crippen molar-refractivity contribution in [2.45, 2.75) is 13.0 Å². The molecule has 2 rings (SSSR count). The van der Waals surface area contributed by atoms with Gasteiger partial charge in [0.1, 0.15) is 0 Å². The van der Waals surface area contributed by atoms with Crippen LogP contribution in [0.25, 0.3) is 0 Å². The van der Waals surface area contributed by atoms with E-state index < -0.39 is 0 Å². The van der Waals surface area contributed by atoms with E-state index in [9.17, 15) is 0 Å². The Balaban J connectivity index is 0.000000605. The summed E-state index contributed by atoms with van der Waals surface area (Å²) in [7, 11) is 0. The molecule has 1 aromatic rings. The molecule has 0 saturated heterocycles. The molecule has 0 saturated carbocycles. The first-order valence-electron chi connectivity index (χ1n) is 3.52. The van der Waals surface area contributed by atoms with E-state index in [1.54, 1.807) is 0 Å². The summed E-state index contributed by atoms with van der Waals surface area (Å²) in [5.74, 6) is 0. The minimum absolute atomic E-state index is 0. The Morgan fingerprint density at radius 3 is 3.09 bits per heavy atom. The van der Waals surface area contributed by atoms with Crippen molar-refractivity contribution < 1.29 is 56.1 Å². The van der Waals surface area contributed by atoms with Gasteiger partial charge in [-0.2, -0.15) is 24.3 Å². The van der Waals surface area contributed by atoms with Crippen molar-refractivity contribution in [3.05, 3.63) is 35.4 Å². The molecular weight excluding hydrogens is 163 g/mol. The van der Waals surface area contributed by atoms with Gasteiger partial charge in [-0.1, -0.05) is 0 Å². The molecule has 1 aliphatic heterocycles. The van der Waals surface area contributed by atoms with Gasteiger partial charge in [0.25, 0.3) is 0 Å². The maximum atomic E-state index is 5.28. The third-order valence-corrected chi connectivity index (χ3v) is 1.82. The van der Waals surface area contributed by atoms with Gasteiger partial charge in [0.05, 0.1) is 0 Å². The molecule has 0 amide bonds. The summed E-state index contributed by atoms with van der Waals surface area (Å²) < 4.78 is 5.28. The predicted molar refractivity (Wildman–Crippen MR) is 38.6 cm³/mol. The number of fused-ring (bicyclic) bond motifs is 1. The molecule has 0 radical (unpaired) electrons. The van der Waals surface area contributed by atoms with Crippen LogP contribution in [0.5, 0.6) is 0 Å². The SMILES string of the molecule is [K+].[c-]1ccc2c(c1)CCOC2. The van der Waals surface area contributed by atoms with Crippen LogP contribution in [-0.2, 0) is 17.8 Å². The van der Waals surface area contributed by atoms with Crippen LogP contribution in [0.1, 0.15) is 11.1 Å². The molecule has 0 unspecified atom stereocenters. The first kappa shape index (κ1) is 9.90. The summed E-state index contributed by atoms with van der Waals surface area (Å²) in [5.41, 5.74) is 2.72. The van der Waals surface area contributed by atoms with Gasteiger partial charge in [0.15, 0.2) is 0 Å². The largest absolute Gasteiger partial charge is 1.00 e. The molecule has 1 nitrogen and oxygen atoms in total. The molecule has 0 atom stereocenters. The van der Waals surface area contributed by atoms with E-state index in [4.69, 9.17) is 4.74 Å². The van der Waals surface area contributed by atoms with E-state index >= 15 is 0 Å². The van der Waals surface area contributed by atoms with Gasteiger partial charge >= 0.3 is 51.4 Å². The van der Waals surface area contributed by atoms with E-state index in [0.29, 0.717) is 0 Å². The molecule has 0 N–H and O–H groups in total. The summed E-state index contributed by atoms with van der Waals surface area (Å²) in [6, 6.07) is 9.13. The topological polar surface area (TPSA) is 9.23 Å². The van der Waals surface area contributed by atoms with Crippen LogP contribution in [-0.4, -0.2) is 6.61 Å². The van der Waals surface area contributed by atoms with Crippen LogP contribution in [0.4, 0.5) is 0 Å². The van der Waals surface area contributed by atoms with Crippen LogP contribution >= 0.6 is 0 Å². The van der Waals surface area contributed by atoms with E-state index in [2.05, 4.69) is 18.2 Å². The molecular formula is C9H9KO. The van der Waals surface area contributed by atoms with Crippen LogP contribution in [0.15, 0.2) is 18.2 Å². The molecule has 0 bridgehead atoms. The van der Waals surface area contributed by atoms with Gasteiger partial charge in [-0.05, 0) is 6.42 Å². The van der Waals surface area contributed by atoms with Crippen molar-refractivity contribution in [1.29, 1.82) is 0 Å². The van der Waals surface area contributed by atoms with Crippen molar-refractivity contribution in [3.8, 4) is 0 Å². The first-order chi connectivity index (χ1) is 4.97. The zero-order chi connectivity index (χ0) is 6.81. The summed E-state index contributed by atoms with van der Waals surface area (Å²) in [5, 5.41) is 0. The van der Waals surface area contributed by atoms with E-state index in [0.717, 1.165) is 19.6 Å². The predicted octanol–water partition coefficient (Wildman–Crippen LogP) is -1.44. The van der Waals surface area contributed by atoms with Gasteiger partial charge in [-0.25, -0.2) is 0 Å². The zero-order valence-corrected chi connectivity index (χ0v) is 9.88. The van der Waals surface area contributed by atoms with Gasteiger partial charge in [0.2, 0.25) is 0 Å². The molecule has 1 heterocycles. The third-order valence-electron chi connectivity index (χ3n) is 1.82. The van der Waals surface area contributed by atoms with Crippen LogP contribution < -0.4 is 51.4 Å². The number of ether oxygens (including phenoxy) is 1. The van der Waals surface area contributed by atoms with Crippen molar-refractivity contribution in [1.82, 2.24) is 0 Å². The van der Waals surface area contributed by atoms with Crippen LogP contribution in [0.2, 0.25) is 0 Å². The Labute approximate surface area is 110 Å². The van der Waals surface area contributed by atoms with Crippen molar-refractivity contribution in [3.63, 3.8) is 0 Å². The maximum Gasteiger partial charge on any atom is 1.00 e. The van der Waals surface area contributed by atoms with Crippen LogP contribution in [0.3, 0.4) is 0 Å². The fourth-order valence-electron chi connectivity index (χ4n) is 1.23. The molecule has 52 valence electrons. The number of hydrogen-bond acceptors (Lipinski definition) is 1. The Bertz CT molecular complexity index is 210. The van der Waals surface area contributed by atoms with Gasteiger partial charge in [0, 0.05) is 13.2 Å². The van der Waals surface area contributed by atoms with Gasteiger partial charge in [-0.15, -0.1) is 11.1 Å². The Morgan fingerprint density at radius 2 is 2.27 bits per heavy atom. The average Bonchev–Trinajstić information content (AvgIpc) is 2.05. The smallest absolute Gasteiger partial charge is 0.380 e. The fraction of sp³-hybridized carbons (Fsp3) is 0.333. The maximum absolute atomic E-state index is 5.28. The number of rotatable bonds is 0. The van der Waals surface area contributed by atoms with Gasteiger partial charge in [-0.3, -0.25) is 0 Å². The normalized spacial score (nSPS) is 14.9. The van der Waals surface area contributed by atoms with E-state index in [1.165, 1.54) is 11.1 Å². The molecule has 0 aliphatic carbocycles. The molecule has 0 fully saturated rings. The quantitative estimate of drug-likeness (QED) is 0.344. The Kier molecular flexibility index (Phi) is 4.27. The molecule has 11 heavy (non-hydrogen) atoms. The fourth-order valence-corrected chi connectivity index (χ4v) is 1.23. The molecule has 0 aromatic heterocycles. The molecule has 0 spiro atoms. The summed E-state index contributed by atoms with van der Waals surface area (Å²) in [6.45, 7) is 1.65. The van der Waals surface area contributed by atoms with Crippen molar-refractivity contribution in [2.24, 2.45) is 0 Å². The van der Waals surface area contributed by atoms with E-state index in [1.807, 2.05) is 6.07 Å². The second kappa shape index (κ2) is 4.75. The Morgan fingerprint density at radius 1 is 1.36 bits per heavy atom. The number of hydrogen-bond donors (Lipinski definition) is 0. The average molecular weight is 172 g/mol. The first-order valence-corrected chi connectivity index (χ1v) is 3.52. The summed E-state index contributed by atoms with van der Waals surface area (Å²) in [4.78, 5) is 0. The molecule has 1 aromatic carbocycles. The van der Waals surface area contributed by atoms with Gasteiger partial charge < -0.3 is 4.74 Å².